The van der Waals surface area contributed by atoms with Crippen LogP contribution in [0.5, 0.6) is 5.75 Å². The van der Waals surface area contributed by atoms with E-state index >= 15 is 0 Å². The number of hydrogen-bond acceptors (Lipinski definition) is 2. The minimum Gasteiger partial charge on any atom is -0.488 e. The Balaban J connectivity index is 2.80. The summed E-state index contributed by atoms with van der Waals surface area (Å²) in [5.74, 6) is 0.814. The third-order valence-corrected chi connectivity index (χ3v) is 3.61. The van der Waals surface area contributed by atoms with E-state index in [-0.39, 0.29) is 11.5 Å². The first-order valence-electron chi connectivity index (χ1n) is 7.46. The Kier molecular flexibility index (Phi) is 5.26. The molecule has 1 aromatic rings. The van der Waals surface area contributed by atoms with Crippen LogP contribution < -0.4 is 4.74 Å². The first-order valence-corrected chi connectivity index (χ1v) is 7.46. The quantitative estimate of drug-likeness (QED) is 0.856. The van der Waals surface area contributed by atoms with Gasteiger partial charge in [0.05, 0.1) is 6.10 Å². The van der Waals surface area contributed by atoms with Crippen LogP contribution in [0.25, 0.3) is 0 Å². The number of hydrogen-bond donors (Lipinski definition) is 1. The smallest absolute Gasteiger partial charge is 0.121 e. The van der Waals surface area contributed by atoms with Gasteiger partial charge in [-0.3, -0.25) is 0 Å². The molecule has 0 aliphatic rings. The number of aliphatic hydroxyl groups is 1. The van der Waals surface area contributed by atoms with E-state index in [2.05, 4.69) is 46.8 Å². The summed E-state index contributed by atoms with van der Waals surface area (Å²) in [7, 11) is 0. The summed E-state index contributed by atoms with van der Waals surface area (Å²) in [6, 6.07) is 8.27. The van der Waals surface area contributed by atoms with E-state index in [1.165, 1.54) is 5.56 Å². The molecule has 114 valence electrons. The molecule has 0 bridgehead atoms. The molecule has 0 heterocycles. The summed E-state index contributed by atoms with van der Waals surface area (Å²) < 4.78 is 5.69. The van der Waals surface area contributed by atoms with Gasteiger partial charge in [-0.05, 0) is 48.8 Å². The monoisotopic (exact) mass is 278 g/mol. The van der Waals surface area contributed by atoms with Gasteiger partial charge in [0.2, 0.25) is 0 Å². The molecule has 0 aliphatic carbocycles. The van der Waals surface area contributed by atoms with Gasteiger partial charge in [0.15, 0.2) is 0 Å². The second-order valence-electron chi connectivity index (χ2n) is 7.71. The first kappa shape index (κ1) is 17.0. The van der Waals surface area contributed by atoms with E-state index in [4.69, 9.17) is 4.74 Å². The van der Waals surface area contributed by atoms with Crippen LogP contribution in [0.1, 0.15) is 60.5 Å². The summed E-state index contributed by atoms with van der Waals surface area (Å²) in [4.78, 5) is 0. The molecule has 1 N–H and O–H groups in total. The van der Waals surface area contributed by atoms with Crippen LogP contribution in [0.3, 0.4) is 0 Å². The second kappa shape index (κ2) is 6.17. The molecule has 1 aromatic carbocycles. The van der Waals surface area contributed by atoms with Crippen molar-refractivity contribution in [2.24, 2.45) is 5.41 Å². The maximum absolute atomic E-state index is 9.47. The fourth-order valence-corrected chi connectivity index (χ4v) is 2.73. The van der Waals surface area contributed by atoms with E-state index in [0.29, 0.717) is 5.41 Å². The minimum atomic E-state index is -0.466. The molecule has 0 aliphatic heterocycles. The van der Waals surface area contributed by atoms with Crippen molar-refractivity contribution in [1.82, 2.24) is 0 Å². The lowest BCUT2D eigenvalue weighted by Gasteiger charge is -2.33. The molecule has 0 saturated heterocycles. The van der Waals surface area contributed by atoms with Crippen LogP contribution in [-0.4, -0.2) is 17.3 Å². The van der Waals surface area contributed by atoms with Crippen LogP contribution >= 0.6 is 0 Å². The van der Waals surface area contributed by atoms with Gasteiger partial charge in [-0.1, -0.05) is 46.8 Å². The third-order valence-electron chi connectivity index (χ3n) is 3.61. The Morgan fingerprint density at radius 3 is 1.90 bits per heavy atom. The summed E-state index contributed by atoms with van der Waals surface area (Å²) in [6.07, 6.45) is 0.472. The molecule has 20 heavy (non-hydrogen) atoms. The molecule has 1 rings (SSSR count). The van der Waals surface area contributed by atoms with E-state index in [0.717, 1.165) is 12.2 Å². The lowest BCUT2D eigenvalue weighted by Crippen LogP contribution is -2.26. The average molecular weight is 278 g/mol. The van der Waals surface area contributed by atoms with Crippen molar-refractivity contribution >= 4 is 0 Å². The number of rotatable bonds is 5. The second-order valence-corrected chi connectivity index (χ2v) is 7.71. The van der Waals surface area contributed by atoms with Crippen molar-refractivity contribution < 1.29 is 9.84 Å². The summed E-state index contributed by atoms with van der Waals surface area (Å²) >= 11 is 0. The summed E-state index contributed by atoms with van der Waals surface area (Å²) in [5, 5.41) is 9.47. The molecule has 0 amide bonds. The molecule has 0 fully saturated rings. The van der Waals surface area contributed by atoms with Gasteiger partial charge in [0.1, 0.15) is 11.9 Å². The largest absolute Gasteiger partial charge is 0.488 e. The zero-order valence-electron chi connectivity index (χ0n) is 14.0. The van der Waals surface area contributed by atoms with E-state index in [9.17, 15) is 5.11 Å². The Morgan fingerprint density at radius 1 is 1.00 bits per heavy atom. The number of ether oxygens (including phenoxy) is 1. The molecule has 0 aromatic heterocycles. The molecule has 0 spiro atoms. The topological polar surface area (TPSA) is 29.5 Å². The van der Waals surface area contributed by atoms with Crippen LogP contribution in [-0.2, 0) is 5.41 Å². The Labute approximate surface area is 124 Å². The Bertz CT molecular complexity index is 410. The zero-order valence-corrected chi connectivity index (χ0v) is 14.0. The Hall–Kier alpha value is -1.02. The van der Waals surface area contributed by atoms with Gasteiger partial charge in [-0.15, -0.1) is 0 Å². The van der Waals surface area contributed by atoms with Crippen molar-refractivity contribution in [1.29, 1.82) is 0 Å². The molecule has 0 saturated carbocycles. The van der Waals surface area contributed by atoms with Crippen molar-refractivity contribution in [3.05, 3.63) is 29.8 Å². The van der Waals surface area contributed by atoms with Gasteiger partial charge in [-0.2, -0.15) is 0 Å². The highest BCUT2D eigenvalue weighted by atomic mass is 16.5. The maximum atomic E-state index is 9.47. The first-order chi connectivity index (χ1) is 9.01. The molecular formula is C18H30O2. The highest BCUT2D eigenvalue weighted by molar-refractivity contribution is 5.32. The minimum absolute atomic E-state index is 0.146. The van der Waals surface area contributed by atoms with Crippen molar-refractivity contribution in [2.75, 3.05) is 0 Å². The van der Waals surface area contributed by atoms with Crippen molar-refractivity contribution in [2.45, 2.75) is 72.5 Å². The van der Waals surface area contributed by atoms with Crippen LogP contribution in [0.4, 0.5) is 0 Å². The summed E-state index contributed by atoms with van der Waals surface area (Å²) in [5.41, 5.74) is 1.77. The fraction of sp³-hybridized carbons (Fsp3) is 0.667. The van der Waals surface area contributed by atoms with Crippen molar-refractivity contribution in [3.8, 4) is 5.75 Å². The predicted octanol–water partition coefficient (Wildman–Crippen LogP) is 4.55. The highest BCUT2D eigenvalue weighted by Gasteiger charge is 2.27. The Morgan fingerprint density at radius 2 is 1.50 bits per heavy atom. The molecular weight excluding hydrogens is 248 g/mol. The van der Waals surface area contributed by atoms with Gasteiger partial charge in [0.25, 0.3) is 0 Å². The van der Waals surface area contributed by atoms with Gasteiger partial charge in [0, 0.05) is 0 Å². The fourth-order valence-electron chi connectivity index (χ4n) is 2.73. The van der Waals surface area contributed by atoms with E-state index in [1.54, 1.807) is 6.92 Å². The summed E-state index contributed by atoms with van der Waals surface area (Å²) in [6.45, 7) is 15.0. The maximum Gasteiger partial charge on any atom is 0.121 e. The van der Waals surface area contributed by atoms with Crippen LogP contribution in [0.2, 0.25) is 0 Å². The van der Waals surface area contributed by atoms with Crippen LogP contribution in [0, 0.1) is 5.41 Å². The highest BCUT2D eigenvalue weighted by Crippen LogP contribution is 2.36. The molecule has 2 atom stereocenters. The lowest BCUT2D eigenvalue weighted by atomic mass is 9.72. The van der Waals surface area contributed by atoms with Crippen LogP contribution in [0.15, 0.2) is 24.3 Å². The third kappa shape index (κ3) is 5.16. The molecule has 2 heteroatoms. The SMILES string of the molecule is CC(Oc1ccc(C(C)(C)CC(C)(C)C)cc1)[C@@H](C)O. The molecule has 0 radical (unpaired) electrons. The van der Waals surface area contributed by atoms with Gasteiger partial charge < -0.3 is 9.84 Å². The van der Waals surface area contributed by atoms with E-state index < -0.39 is 6.10 Å². The standard InChI is InChI=1S/C18H30O2/c1-13(19)14(2)20-16-10-8-15(9-11-16)18(6,7)12-17(3,4)5/h8-11,13-14,19H,12H2,1-7H3/t13-,14?/m1/s1. The average Bonchev–Trinajstić information content (AvgIpc) is 2.26. The van der Waals surface area contributed by atoms with Crippen molar-refractivity contribution in [3.63, 3.8) is 0 Å². The van der Waals surface area contributed by atoms with E-state index in [1.807, 2.05) is 19.1 Å². The van der Waals surface area contributed by atoms with Gasteiger partial charge in [-0.25, -0.2) is 0 Å². The zero-order chi connectivity index (χ0) is 15.6. The van der Waals surface area contributed by atoms with Gasteiger partial charge >= 0.3 is 0 Å². The molecule has 1 unspecified atom stereocenters. The normalized spacial score (nSPS) is 15.8. The molecule has 2 nitrogen and oxygen atoms in total. The predicted molar refractivity (Wildman–Crippen MR) is 85.3 cm³/mol. The number of aliphatic hydroxyl groups excluding tert-OH is 1. The lowest BCUT2D eigenvalue weighted by molar-refractivity contribution is 0.0604. The number of benzene rings is 1.